The van der Waals surface area contributed by atoms with Gasteiger partial charge in [-0.2, -0.15) is 0 Å². The SMILES string of the molecule is Clc1cccc(-c2cnc3ccc(OCCN4CCCCC4)nn23)c1. The van der Waals surface area contributed by atoms with E-state index in [1.54, 1.807) is 0 Å². The molecule has 0 aliphatic carbocycles. The van der Waals surface area contributed by atoms with Gasteiger partial charge in [-0.1, -0.05) is 30.2 Å². The van der Waals surface area contributed by atoms with E-state index in [9.17, 15) is 0 Å². The number of imidazole rings is 1. The Labute approximate surface area is 152 Å². The zero-order chi connectivity index (χ0) is 17.1. The first kappa shape index (κ1) is 16.4. The molecule has 3 aromatic rings. The third kappa shape index (κ3) is 3.78. The van der Waals surface area contributed by atoms with Crippen molar-refractivity contribution in [3.8, 4) is 17.1 Å². The van der Waals surface area contributed by atoms with E-state index in [0.717, 1.165) is 23.4 Å². The van der Waals surface area contributed by atoms with E-state index in [1.165, 1.54) is 32.4 Å². The maximum Gasteiger partial charge on any atom is 0.231 e. The maximum absolute atomic E-state index is 6.11. The Balaban J connectivity index is 1.50. The summed E-state index contributed by atoms with van der Waals surface area (Å²) in [5, 5.41) is 5.29. The minimum absolute atomic E-state index is 0.616. The Morgan fingerprint density at radius 2 is 1.96 bits per heavy atom. The van der Waals surface area contributed by atoms with Crippen molar-refractivity contribution in [3.63, 3.8) is 0 Å². The standard InChI is InChI=1S/C19H21ClN4O/c20-16-6-4-5-15(13-16)17-14-21-18-7-8-19(22-24(17)18)25-12-11-23-9-2-1-3-10-23/h4-8,13-14H,1-3,9-12H2. The summed E-state index contributed by atoms with van der Waals surface area (Å²) >= 11 is 6.11. The van der Waals surface area contributed by atoms with Crippen molar-refractivity contribution in [1.82, 2.24) is 19.5 Å². The summed E-state index contributed by atoms with van der Waals surface area (Å²) < 4.78 is 7.68. The Bertz CT molecular complexity index is 858. The monoisotopic (exact) mass is 356 g/mol. The van der Waals surface area contributed by atoms with E-state index < -0.39 is 0 Å². The molecule has 0 N–H and O–H groups in total. The number of rotatable bonds is 5. The van der Waals surface area contributed by atoms with Crippen LogP contribution in [-0.2, 0) is 0 Å². The molecule has 0 unspecified atom stereocenters. The highest BCUT2D eigenvalue weighted by Crippen LogP contribution is 2.24. The first-order valence-electron chi connectivity index (χ1n) is 8.75. The molecule has 6 heteroatoms. The van der Waals surface area contributed by atoms with Crippen LogP contribution in [-0.4, -0.2) is 45.7 Å². The van der Waals surface area contributed by atoms with Gasteiger partial charge < -0.3 is 4.74 Å². The van der Waals surface area contributed by atoms with E-state index in [0.29, 0.717) is 17.5 Å². The molecule has 4 rings (SSSR count). The van der Waals surface area contributed by atoms with Gasteiger partial charge in [0.1, 0.15) is 6.61 Å². The van der Waals surface area contributed by atoms with Crippen molar-refractivity contribution in [2.45, 2.75) is 19.3 Å². The number of benzene rings is 1. The number of nitrogens with zero attached hydrogens (tertiary/aromatic N) is 4. The quantitative estimate of drug-likeness (QED) is 0.695. The van der Waals surface area contributed by atoms with Gasteiger partial charge in [-0.15, -0.1) is 5.10 Å². The van der Waals surface area contributed by atoms with Crippen LogP contribution in [0.1, 0.15) is 19.3 Å². The molecule has 0 amide bonds. The molecule has 1 aliphatic rings. The number of fused-ring (bicyclic) bond motifs is 1. The summed E-state index contributed by atoms with van der Waals surface area (Å²) in [7, 11) is 0. The predicted molar refractivity (Wildman–Crippen MR) is 99.2 cm³/mol. The molecule has 0 spiro atoms. The van der Waals surface area contributed by atoms with Gasteiger partial charge in [-0.05, 0) is 44.1 Å². The molecule has 1 aromatic carbocycles. The summed E-state index contributed by atoms with van der Waals surface area (Å²) in [6.07, 6.45) is 5.75. The van der Waals surface area contributed by atoms with Gasteiger partial charge in [0.15, 0.2) is 5.65 Å². The lowest BCUT2D eigenvalue weighted by atomic mass is 10.1. The summed E-state index contributed by atoms with van der Waals surface area (Å²) in [5.74, 6) is 0.616. The fraction of sp³-hybridized carbons (Fsp3) is 0.368. The van der Waals surface area contributed by atoms with Crippen LogP contribution in [0.2, 0.25) is 5.02 Å². The van der Waals surface area contributed by atoms with E-state index in [2.05, 4.69) is 15.0 Å². The van der Waals surface area contributed by atoms with Crippen LogP contribution in [0.4, 0.5) is 0 Å². The second kappa shape index (κ2) is 7.42. The van der Waals surface area contributed by atoms with Crippen LogP contribution < -0.4 is 4.74 Å². The highest BCUT2D eigenvalue weighted by atomic mass is 35.5. The average Bonchev–Trinajstić information content (AvgIpc) is 3.06. The second-order valence-corrected chi connectivity index (χ2v) is 6.78. The molecule has 2 aromatic heterocycles. The molecule has 130 valence electrons. The van der Waals surface area contributed by atoms with E-state index >= 15 is 0 Å². The smallest absolute Gasteiger partial charge is 0.231 e. The summed E-state index contributed by atoms with van der Waals surface area (Å²) in [6, 6.07) is 11.5. The number of halogens is 1. The lowest BCUT2D eigenvalue weighted by molar-refractivity contribution is 0.179. The van der Waals surface area contributed by atoms with Gasteiger partial charge in [-0.25, -0.2) is 9.50 Å². The molecular formula is C19H21ClN4O. The highest BCUT2D eigenvalue weighted by Gasteiger charge is 2.11. The number of hydrogen-bond acceptors (Lipinski definition) is 4. The Morgan fingerprint density at radius 3 is 2.80 bits per heavy atom. The third-order valence-electron chi connectivity index (χ3n) is 4.56. The van der Waals surface area contributed by atoms with Crippen LogP contribution in [0.25, 0.3) is 16.9 Å². The molecule has 1 fully saturated rings. The van der Waals surface area contributed by atoms with Crippen LogP contribution >= 0.6 is 11.6 Å². The van der Waals surface area contributed by atoms with E-state index in [1.807, 2.05) is 47.1 Å². The molecule has 1 saturated heterocycles. The second-order valence-electron chi connectivity index (χ2n) is 6.35. The molecule has 25 heavy (non-hydrogen) atoms. The molecule has 0 atom stereocenters. The van der Waals surface area contributed by atoms with Crippen molar-refractivity contribution in [3.05, 3.63) is 47.6 Å². The summed E-state index contributed by atoms with van der Waals surface area (Å²) in [4.78, 5) is 6.87. The lowest BCUT2D eigenvalue weighted by Gasteiger charge is -2.25. The summed E-state index contributed by atoms with van der Waals surface area (Å²) in [6.45, 7) is 3.96. The molecule has 0 saturated carbocycles. The van der Waals surface area contributed by atoms with Gasteiger partial charge in [0, 0.05) is 23.2 Å². The largest absolute Gasteiger partial charge is 0.475 e. The van der Waals surface area contributed by atoms with E-state index in [-0.39, 0.29) is 0 Å². The minimum Gasteiger partial charge on any atom is -0.475 e. The minimum atomic E-state index is 0.616. The van der Waals surface area contributed by atoms with Gasteiger partial charge in [0.05, 0.1) is 11.9 Å². The van der Waals surface area contributed by atoms with E-state index in [4.69, 9.17) is 16.3 Å². The fourth-order valence-corrected chi connectivity index (χ4v) is 3.43. The third-order valence-corrected chi connectivity index (χ3v) is 4.80. The molecule has 0 radical (unpaired) electrons. The van der Waals surface area contributed by atoms with Crippen molar-refractivity contribution in [2.75, 3.05) is 26.2 Å². The van der Waals surface area contributed by atoms with Crippen LogP contribution in [0, 0.1) is 0 Å². The average molecular weight is 357 g/mol. The number of likely N-dealkylation sites (tertiary alicyclic amines) is 1. The van der Waals surface area contributed by atoms with Crippen LogP contribution in [0.3, 0.4) is 0 Å². The summed E-state index contributed by atoms with van der Waals surface area (Å²) in [5.41, 5.74) is 2.68. The van der Waals surface area contributed by atoms with Crippen LogP contribution in [0.5, 0.6) is 5.88 Å². The van der Waals surface area contributed by atoms with Gasteiger partial charge >= 0.3 is 0 Å². The lowest BCUT2D eigenvalue weighted by Crippen LogP contribution is -2.33. The number of piperidine rings is 1. The normalized spacial score (nSPS) is 15.6. The number of ether oxygens (including phenoxy) is 1. The van der Waals surface area contributed by atoms with Crippen LogP contribution in [0.15, 0.2) is 42.6 Å². The number of hydrogen-bond donors (Lipinski definition) is 0. The fourth-order valence-electron chi connectivity index (χ4n) is 3.24. The molecule has 1 aliphatic heterocycles. The van der Waals surface area contributed by atoms with Crippen molar-refractivity contribution >= 4 is 17.2 Å². The van der Waals surface area contributed by atoms with Crippen molar-refractivity contribution in [2.24, 2.45) is 0 Å². The van der Waals surface area contributed by atoms with Gasteiger partial charge in [-0.3, -0.25) is 4.90 Å². The molecular weight excluding hydrogens is 336 g/mol. The molecule has 0 bridgehead atoms. The van der Waals surface area contributed by atoms with Crippen molar-refractivity contribution < 1.29 is 4.74 Å². The molecule has 5 nitrogen and oxygen atoms in total. The highest BCUT2D eigenvalue weighted by molar-refractivity contribution is 6.30. The maximum atomic E-state index is 6.11. The first-order chi connectivity index (χ1) is 12.3. The Morgan fingerprint density at radius 1 is 1.08 bits per heavy atom. The molecule has 3 heterocycles. The zero-order valence-electron chi connectivity index (χ0n) is 14.1. The van der Waals surface area contributed by atoms with Gasteiger partial charge in [0.25, 0.3) is 0 Å². The zero-order valence-corrected chi connectivity index (χ0v) is 14.8. The van der Waals surface area contributed by atoms with Gasteiger partial charge in [0.2, 0.25) is 5.88 Å². The topological polar surface area (TPSA) is 42.7 Å². The Kier molecular flexibility index (Phi) is 4.85. The predicted octanol–water partition coefficient (Wildman–Crippen LogP) is 3.91. The number of aromatic nitrogens is 3. The van der Waals surface area contributed by atoms with Crippen molar-refractivity contribution in [1.29, 1.82) is 0 Å². The Hall–Kier alpha value is -2.11. The first-order valence-corrected chi connectivity index (χ1v) is 9.13.